The summed E-state index contributed by atoms with van der Waals surface area (Å²) in [6, 6.07) is 2.00. The SMILES string of the molecule is CC1(C)C(N)C(C)(C)C1NC(=O)c1cc(Br)sc1Br. The van der Waals surface area contributed by atoms with Gasteiger partial charge in [-0.2, -0.15) is 0 Å². The quantitative estimate of drug-likeness (QED) is 0.780. The first-order valence-corrected chi connectivity index (χ1v) is 8.50. The lowest BCUT2D eigenvalue weighted by Gasteiger charge is -2.62. The molecule has 0 bridgehead atoms. The number of nitrogens with one attached hydrogen (secondary N) is 1. The van der Waals surface area contributed by atoms with Crippen LogP contribution >= 0.6 is 43.2 Å². The van der Waals surface area contributed by atoms with E-state index in [4.69, 9.17) is 5.73 Å². The van der Waals surface area contributed by atoms with Gasteiger partial charge < -0.3 is 11.1 Å². The molecule has 1 aromatic rings. The van der Waals surface area contributed by atoms with E-state index in [0.29, 0.717) is 5.56 Å². The summed E-state index contributed by atoms with van der Waals surface area (Å²) in [6.07, 6.45) is 0. The van der Waals surface area contributed by atoms with E-state index in [9.17, 15) is 4.79 Å². The number of carbonyl (C=O) groups is 1. The Balaban J connectivity index is 2.18. The summed E-state index contributed by atoms with van der Waals surface area (Å²) in [7, 11) is 0. The number of thiophene rings is 1. The predicted molar refractivity (Wildman–Crippen MR) is 86.5 cm³/mol. The average molecular weight is 410 g/mol. The molecule has 1 saturated carbocycles. The molecule has 1 aromatic heterocycles. The van der Waals surface area contributed by atoms with Crippen LogP contribution in [0.5, 0.6) is 0 Å². The number of hydrogen-bond donors (Lipinski definition) is 2. The van der Waals surface area contributed by atoms with Crippen molar-refractivity contribution in [3.8, 4) is 0 Å². The number of amides is 1. The van der Waals surface area contributed by atoms with Gasteiger partial charge in [-0.15, -0.1) is 11.3 Å². The monoisotopic (exact) mass is 408 g/mol. The second-order valence-corrected chi connectivity index (χ2v) is 10.0. The molecular weight excluding hydrogens is 392 g/mol. The highest BCUT2D eigenvalue weighted by atomic mass is 79.9. The zero-order valence-electron chi connectivity index (χ0n) is 11.4. The van der Waals surface area contributed by atoms with Gasteiger partial charge in [0, 0.05) is 22.9 Å². The van der Waals surface area contributed by atoms with Crippen LogP contribution in [0.4, 0.5) is 0 Å². The molecule has 0 radical (unpaired) electrons. The van der Waals surface area contributed by atoms with E-state index in [-0.39, 0.29) is 28.8 Å². The van der Waals surface area contributed by atoms with E-state index in [1.54, 1.807) is 0 Å². The summed E-state index contributed by atoms with van der Waals surface area (Å²) in [5, 5.41) is 3.13. The molecule has 1 aliphatic rings. The molecule has 6 heteroatoms. The lowest BCUT2D eigenvalue weighted by Crippen LogP contribution is -2.76. The summed E-state index contributed by atoms with van der Waals surface area (Å²) in [6.45, 7) is 8.41. The zero-order valence-corrected chi connectivity index (χ0v) is 15.4. The van der Waals surface area contributed by atoms with Gasteiger partial charge in [-0.1, -0.05) is 27.7 Å². The zero-order chi connectivity index (χ0) is 14.6. The summed E-state index contributed by atoms with van der Waals surface area (Å²) < 4.78 is 1.78. The third-order valence-corrected chi connectivity index (χ3v) is 6.61. The van der Waals surface area contributed by atoms with Crippen LogP contribution in [0.1, 0.15) is 38.1 Å². The van der Waals surface area contributed by atoms with Gasteiger partial charge in [-0.3, -0.25) is 4.79 Å². The summed E-state index contributed by atoms with van der Waals surface area (Å²) in [5.41, 5.74) is 6.71. The molecule has 0 saturated heterocycles. The summed E-state index contributed by atoms with van der Waals surface area (Å²) in [5.74, 6) is -0.0492. The molecule has 106 valence electrons. The highest BCUT2D eigenvalue weighted by Gasteiger charge is 2.60. The molecule has 3 N–H and O–H groups in total. The van der Waals surface area contributed by atoms with Crippen LogP contribution in [-0.2, 0) is 0 Å². The third kappa shape index (κ3) is 2.41. The lowest BCUT2D eigenvalue weighted by molar-refractivity contribution is -0.0663. The minimum Gasteiger partial charge on any atom is -0.348 e. The van der Waals surface area contributed by atoms with Gasteiger partial charge in [0.15, 0.2) is 0 Å². The molecular formula is C13H18Br2N2OS. The molecule has 2 rings (SSSR count). The Labute approximate surface area is 134 Å². The van der Waals surface area contributed by atoms with Gasteiger partial charge in [0.1, 0.15) is 0 Å². The van der Waals surface area contributed by atoms with Crippen molar-refractivity contribution in [3.63, 3.8) is 0 Å². The highest BCUT2D eigenvalue weighted by Crippen LogP contribution is 2.52. The van der Waals surface area contributed by atoms with Gasteiger partial charge in [0.25, 0.3) is 5.91 Å². The molecule has 3 nitrogen and oxygen atoms in total. The van der Waals surface area contributed by atoms with E-state index in [2.05, 4.69) is 64.9 Å². The van der Waals surface area contributed by atoms with Crippen molar-refractivity contribution in [2.45, 2.75) is 39.8 Å². The number of hydrogen-bond acceptors (Lipinski definition) is 3. The average Bonchev–Trinajstić information content (AvgIpc) is 2.63. The second kappa shape index (κ2) is 4.83. The molecule has 0 spiro atoms. The van der Waals surface area contributed by atoms with Gasteiger partial charge in [0.2, 0.25) is 0 Å². The first kappa shape index (κ1) is 15.5. The molecule has 0 unspecified atom stereocenters. The van der Waals surface area contributed by atoms with E-state index >= 15 is 0 Å². The molecule has 0 aromatic carbocycles. The maximum absolute atomic E-state index is 12.4. The van der Waals surface area contributed by atoms with Gasteiger partial charge in [-0.25, -0.2) is 0 Å². The Morgan fingerprint density at radius 1 is 1.32 bits per heavy atom. The molecule has 1 fully saturated rings. The fourth-order valence-electron chi connectivity index (χ4n) is 3.26. The van der Waals surface area contributed by atoms with Crippen LogP contribution in [0.25, 0.3) is 0 Å². The smallest absolute Gasteiger partial charge is 0.253 e. The van der Waals surface area contributed by atoms with Crippen molar-refractivity contribution in [2.75, 3.05) is 0 Å². The maximum Gasteiger partial charge on any atom is 0.253 e. The Morgan fingerprint density at radius 3 is 2.26 bits per heavy atom. The van der Waals surface area contributed by atoms with Crippen LogP contribution in [0, 0.1) is 10.8 Å². The Morgan fingerprint density at radius 2 is 1.84 bits per heavy atom. The van der Waals surface area contributed by atoms with E-state index in [1.165, 1.54) is 11.3 Å². The van der Waals surface area contributed by atoms with E-state index in [1.807, 2.05) is 6.07 Å². The van der Waals surface area contributed by atoms with Crippen molar-refractivity contribution in [1.82, 2.24) is 5.32 Å². The molecule has 0 atom stereocenters. The summed E-state index contributed by atoms with van der Waals surface area (Å²) >= 11 is 8.31. The number of nitrogens with two attached hydrogens (primary N) is 1. The molecule has 1 heterocycles. The van der Waals surface area contributed by atoms with Gasteiger partial charge in [-0.05, 0) is 37.9 Å². The Hall–Kier alpha value is 0.0900. The van der Waals surface area contributed by atoms with Crippen molar-refractivity contribution in [1.29, 1.82) is 0 Å². The second-order valence-electron chi connectivity index (χ2n) is 6.26. The minimum atomic E-state index is -0.0844. The van der Waals surface area contributed by atoms with Crippen LogP contribution in [0.3, 0.4) is 0 Å². The van der Waals surface area contributed by atoms with Crippen LogP contribution in [-0.4, -0.2) is 18.0 Å². The number of rotatable bonds is 2. The van der Waals surface area contributed by atoms with Crippen LogP contribution < -0.4 is 11.1 Å². The van der Waals surface area contributed by atoms with E-state index < -0.39 is 0 Å². The largest absolute Gasteiger partial charge is 0.348 e. The standard InChI is InChI=1S/C13H18Br2N2OS/c1-12(2)10(16)13(3,4)11(12)17-9(18)6-5-7(14)19-8(6)15/h5,10-11H,16H2,1-4H3,(H,17,18). The predicted octanol–water partition coefficient (Wildman–Crippen LogP) is 3.76. The number of halogens is 2. The van der Waals surface area contributed by atoms with Gasteiger partial charge >= 0.3 is 0 Å². The molecule has 1 amide bonds. The summed E-state index contributed by atoms with van der Waals surface area (Å²) in [4.78, 5) is 12.4. The van der Waals surface area contributed by atoms with Crippen molar-refractivity contribution in [3.05, 3.63) is 19.2 Å². The Kier molecular flexibility index (Phi) is 3.93. The third-order valence-electron chi connectivity index (χ3n) is 4.27. The first-order valence-electron chi connectivity index (χ1n) is 6.09. The van der Waals surface area contributed by atoms with Crippen molar-refractivity contribution < 1.29 is 4.79 Å². The topological polar surface area (TPSA) is 55.1 Å². The maximum atomic E-state index is 12.4. The fraction of sp³-hybridized carbons (Fsp3) is 0.615. The lowest BCUT2D eigenvalue weighted by atomic mass is 9.48. The first-order chi connectivity index (χ1) is 8.58. The Bertz CT molecular complexity index is 509. The minimum absolute atomic E-state index is 0.0492. The van der Waals surface area contributed by atoms with Gasteiger partial charge in [0.05, 0.1) is 13.1 Å². The van der Waals surface area contributed by atoms with Crippen molar-refractivity contribution >= 4 is 49.1 Å². The van der Waals surface area contributed by atoms with Crippen molar-refractivity contribution in [2.24, 2.45) is 16.6 Å². The van der Waals surface area contributed by atoms with E-state index in [0.717, 1.165) is 7.57 Å². The molecule has 0 aliphatic heterocycles. The van der Waals surface area contributed by atoms with Crippen LogP contribution in [0.15, 0.2) is 13.6 Å². The normalized spacial score (nSPS) is 27.7. The highest BCUT2D eigenvalue weighted by molar-refractivity contribution is 9.12. The fourth-order valence-corrected chi connectivity index (χ4v) is 6.05. The molecule has 1 aliphatic carbocycles. The molecule has 19 heavy (non-hydrogen) atoms. The number of carbonyl (C=O) groups excluding carboxylic acids is 1. The van der Waals surface area contributed by atoms with Crippen LogP contribution in [0.2, 0.25) is 0 Å².